The van der Waals surface area contributed by atoms with Gasteiger partial charge in [-0.2, -0.15) is 5.10 Å². The highest BCUT2D eigenvalue weighted by atomic mass is 35.5. The Labute approximate surface area is 103 Å². The van der Waals surface area contributed by atoms with Gasteiger partial charge in [0.15, 0.2) is 0 Å². The van der Waals surface area contributed by atoms with Crippen LogP contribution in [-0.4, -0.2) is 15.2 Å². The van der Waals surface area contributed by atoms with Crippen molar-refractivity contribution in [3.63, 3.8) is 0 Å². The van der Waals surface area contributed by atoms with Crippen molar-refractivity contribution in [1.82, 2.24) is 9.78 Å². The molecule has 1 atom stereocenters. The number of hydrogen-bond acceptors (Lipinski definition) is 1. The van der Waals surface area contributed by atoms with E-state index in [9.17, 15) is 0 Å². The van der Waals surface area contributed by atoms with Crippen LogP contribution in [0.3, 0.4) is 0 Å². The molecule has 0 aromatic carbocycles. The summed E-state index contributed by atoms with van der Waals surface area (Å²) in [6.45, 7) is 5.27. The van der Waals surface area contributed by atoms with Gasteiger partial charge in [0.2, 0.25) is 0 Å². The Bertz CT molecular complexity index is 342. The fourth-order valence-corrected chi connectivity index (χ4v) is 2.50. The van der Waals surface area contributed by atoms with Crippen molar-refractivity contribution in [2.24, 2.45) is 5.92 Å². The first-order valence-electron chi connectivity index (χ1n) is 6.44. The zero-order valence-corrected chi connectivity index (χ0v) is 11.0. The Balaban J connectivity index is 1.93. The van der Waals surface area contributed by atoms with Crippen LogP contribution in [0.15, 0.2) is 6.07 Å². The van der Waals surface area contributed by atoms with Gasteiger partial charge in [-0.25, -0.2) is 0 Å². The second-order valence-corrected chi connectivity index (χ2v) is 5.25. The molecule has 3 heteroatoms. The lowest BCUT2D eigenvalue weighted by molar-refractivity contribution is 0.587. The highest BCUT2D eigenvalue weighted by Gasteiger charge is 2.29. The average Bonchev–Trinajstić information content (AvgIpc) is 3.07. The van der Waals surface area contributed by atoms with Gasteiger partial charge in [-0.15, -0.1) is 11.6 Å². The number of alkyl halides is 1. The number of hydrogen-bond donors (Lipinski definition) is 0. The molecule has 1 aromatic heterocycles. The molecule has 16 heavy (non-hydrogen) atoms. The third-order valence-electron chi connectivity index (χ3n) is 3.39. The van der Waals surface area contributed by atoms with Crippen molar-refractivity contribution in [2.45, 2.75) is 57.9 Å². The lowest BCUT2D eigenvalue weighted by Crippen LogP contribution is -2.07. The van der Waals surface area contributed by atoms with E-state index in [-0.39, 0.29) is 0 Å². The van der Waals surface area contributed by atoms with E-state index in [1.165, 1.54) is 24.2 Å². The van der Waals surface area contributed by atoms with Crippen molar-refractivity contribution < 1.29 is 0 Å². The second kappa shape index (κ2) is 5.22. The van der Waals surface area contributed by atoms with Gasteiger partial charge in [-0.3, -0.25) is 4.68 Å². The topological polar surface area (TPSA) is 17.8 Å². The molecule has 2 nitrogen and oxygen atoms in total. The standard InChI is InChI=1S/C13H21ClN2/c1-3-11-9-12(16(4-2)15-11)7-8-13(14)10-5-6-10/h9-10,13H,3-8H2,1-2H3. The summed E-state index contributed by atoms with van der Waals surface area (Å²) in [6.07, 6.45) is 5.86. The number of aromatic nitrogens is 2. The van der Waals surface area contributed by atoms with Gasteiger partial charge >= 0.3 is 0 Å². The zero-order valence-electron chi connectivity index (χ0n) is 10.2. The predicted octanol–water partition coefficient (Wildman–Crippen LogP) is 3.42. The normalized spacial score (nSPS) is 17.7. The molecule has 1 aliphatic carbocycles. The molecular formula is C13H21ClN2. The molecule has 0 saturated heterocycles. The Kier molecular flexibility index (Phi) is 3.91. The lowest BCUT2D eigenvalue weighted by Gasteiger charge is -2.08. The number of aryl methyl sites for hydroxylation is 3. The SMILES string of the molecule is CCc1cc(CCC(Cl)C2CC2)n(CC)n1. The summed E-state index contributed by atoms with van der Waals surface area (Å²) in [5.74, 6) is 0.797. The van der Waals surface area contributed by atoms with Gasteiger partial charge in [-0.05, 0) is 51.0 Å². The highest BCUT2D eigenvalue weighted by molar-refractivity contribution is 6.20. The minimum atomic E-state index is 0.380. The van der Waals surface area contributed by atoms with E-state index in [1.54, 1.807) is 0 Å². The van der Waals surface area contributed by atoms with E-state index in [1.807, 2.05) is 0 Å². The first-order chi connectivity index (χ1) is 7.74. The summed E-state index contributed by atoms with van der Waals surface area (Å²) in [5, 5.41) is 4.94. The molecule has 0 spiro atoms. The second-order valence-electron chi connectivity index (χ2n) is 4.69. The predicted molar refractivity (Wildman–Crippen MR) is 68.0 cm³/mol. The molecule has 1 heterocycles. The fraction of sp³-hybridized carbons (Fsp3) is 0.769. The van der Waals surface area contributed by atoms with Crippen molar-refractivity contribution in [3.8, 4) is 0 Å². The third kappa shape index (κ3) is 2.79. The molecule has 1 unspecified atom stereocenters. The Morgan fingerprint density at radius 2 is 2.25 bits per heavy atom. The first-order valence-corrected chi connectivity index (χ1v) is 6.87. The monoisotopic (exact) mass is 240 g/mol. The fourth-order valence-electron chi connectivity index (χ4n) is 2.14. The maximum absolute atomic E-state index is 6.33. The van der Waals surface area contributed by atoms with E-state index in [0.717, 1.165) is 31.7 Å². The maximum Gasteiger partial charge on any atom is 0.0624 e. The van der Waals surface area contributed by atoms with E-state index in [2.05, 4.69) is 29.7 Å². The Hall–Kier alpha value is -0.500. The highest BCUT2D eigenvalue weighted by Crippen LogP contribution is 2.37. The number of rotatable bonds is 6. The van der Waals surface area contributed by atoms with E-state index >= 15 is 0 Å². The van der Waals surface area contributed by atoms with Gasteiger partial charge < -0.3 is 0 Å². The third-order valence-corrected chi connectivity index (χ3v) is 3.96. The molecule has 2 rings (SSSR count). The Morgan fingerprint density at radius 1 is 1.50 bits per heavy atom. The summed E-state index contributed by atoms with van der Waals surface area (Å²) >= 11 is 6.33. The van der Waals surface area contributed by atoms with Gasteiger partial charge in [0.05, 0.1) is 5.69 Å². The summed E-state index contributed by atoms with van der Waals surface area (Å²) in [4.78, 5) is 0. The summed E-state index contributed by atoms with van der Waals surface area (Å²) in [7, 11) is 0. The van der Waals surface area contributed by atoms with Crippen LogP contribution in [0.4, 0.5) is 0 Å². The van der Waals surface area contributed by atoms with Crippen LogP contribution in [0.2, 0.25) is 0 Å². The van der Waals surface area contributed by atoms with Gasteiger partial charge in [-0.1, -0.05) is 6.92 Å². The molecular weight excluding hydrogens is 220 g/mol. The molecule has 1 aromatic rings. The van der Waals surface area contributed by atoms with Crippen molar-refractivity contribution in [3.05, 3.63) is 17.5 Å². The molecule has 0 aliphatic heterocycles. The number of nitrogens with zero attached hydrogens (tertiary/aromatic N) is 2. The lowest BCUT2D eigenvalue weighted by atomic mass is 10.1. The average molecular weight is 241 g/mol. The summed E-state index contributed by atoms with van der Waals surface area (Å²) < 4.78 is 2.12. The molecule has 0 radical (unpaired) electrons. The van der Waals surface area contributed by atoms with Crippen LogP contribution >= 0.6 is 11.6 Å². The van der Waals surface area contributed by atoms with Gasteiger partial charge in [0.25, 0.3) is 0 Å². The van der Waals surface area contributed by atoms with E-state index < -0.39 is 0 Å². The van der Waals surface area contributed by atoms with E-state index in [0.29, 0.717) is 5.38 Å². The quantitative estimate of drug-likeness (QED) is 0.697. The first kappa shape index (κ1) is 12.0. The van der Waals surface area contributed by atoms with Gasteiger partial charge in [0.1, 0.15) is 0 Å². The van der Waals surface area contributed by atoms with Crippen LogP contribution in [0, 0.1) is 5.92 Å². The molecule has 90 valence electrons. The largest absolute Gasteiger partial charge is 0.270 e. The van der Waals surface area contributed by atoms with Gasteiger partial charge in [0, 0.05) is 17.6 Å². The van der Waals surface area contributed by atoms with Crippen LogP contribution in [0.25, 0.3) is 0 Å². The van der Waals surface area contributed by atoms with Crippen LogP contribution in [0.1, 0.15) is 44.5 Å². The minimum absolute atomic E-state index is 0.380. The van der Waals surface area contributed by atoms with Crippen LogP contribution in [0.5, 0.6) is 0 Å². The maximum atomic E-state index is 6.33. The number of halogens is 1. The van der Waals surface area contributed by atoms with Crippen LogP contribution < -0.4 is 0 Å². The van der Waals surface area contributed by atoms with Crippen molar-refractivity contribution in [2.75, 3.05) is 0 Å². The summed E-state index contributed by atoms with van der Waals surface area (Å²) in [5.41, 5.74) is 2.56. The minimum Gasteiger partial charge on any atom is -0.270 e. The summed E-state index contributed by atoms with van der Waals surface area (Å²) in [6, 6.07) is 2.24. The Morgan fingerprint density at radius 3 is 2.81 bits per heavy atom. The van der Waals surface area contributed by atoms with Crippen LogP contribution in [-0.2, 0) is 19.4 Å². The zero-order chi connectivity index (χ0) is 11.5. The molecule has 1 aliphatic rings. The molecule has 0 amide bonds. The van der Waals surface area contributed by atoms with Crippen molar-refractivity contribution >= 4 is 11.6 Å². The molecule has 0 N–H and O–H groups in total. The van der Waals surface area contributed by atoms with Crippen molar-refractivity contribution in [1.29, 1.82) is 0 Å². The van der Waals surface area contributed by atoms with E-state index in [4.69, 9.17) is 11.6 Å². The smallest absolute Gasteiger partial charge is 0.0624 e. The molecule has 1 fully saturated rings. The molecule has 1 saturated carbocycles. The molecule has 0 bridgehead atoms.